The molecule has 0 unspecified atom stereocenters. The maximum absolute atomic E-state index is 14.6. The highest BCUT2D eigenvalue weighted by Gasteiger charge is 2.41. The van der Waals surface area contributed by atoms with Crippen molar-refractivity contribution >= 4 is 34.2 Å². The summed E-state index contributed by atoms with van der Waals surface area (Å²) in [5, 5.41) is 13.6. The van der Waals surface area contributed by atoms with Crippen LogP contribution in [0.15, 0.2) is 12.3 Å². The summed E-state index contributed by atoms with van der Waals surface area (Å²) < 4.78 is 22.8. The highest BCUT2D eigenvalue weighted by molar-refractivity contribution is 14.1. The van der Waals surface area contributed by atoms with Crippen LogP contribution >= 0.6 is 34.2 Å². The monoisotopic (exact) mass is 431 g/mol. The van der Waals surface area contributed by atoms with Crippen LogP contribution < -0.4 is 4.74 Å². The Balaban J connectivity index is 2.27. The summed E-state index contributed by atoms with van der Waals surface area (Å²) in [6.45, 7) is 1.96. The maximum atomic E-state index is 14.6. The topological polar surface area (TPSA) is 50.8 Å². The van der Waals surface area contributed by atoms with Crippen molar-refractivity contribution in [3.8, 4) is 23.1 Å². The van der Waals surface area contributed by atoms with E-state index < -0.39 is 5.82 Å². The number of ether oxygens (including phenoxy) is 1. The molecule has 3 rings (SSSR count). The zero-order valence-corrected chi connectivity index (χ0v) is 14.9. The second-order valence-corrected chi connectivity index (χ2v) is 7.12. The van der Waals surface area contributed by atoms with Gasteiger partial charge in [-0.1, -0.05) is 11.6 Å². The minimum absolute atomic E-state index is 0.0646. The number of nitriles is 1. The number of aryl methyl sites for hydroxylation is 1. The first kappa shape index (κ1) is 15.6. The van der Waals surface area contributed by atoms with Crippen molar-refractivity contribution in [3.63, 3.8) is 0 Å². The first-order valence-electron chi connectivity index (χ1n) is 6.65. The highest BCUT2D eigenvalue weighted by atomic mass is 127. The van der Waals surface area contributed by atoms with E-state index in [1.54, 1.807) is 13.2 Å². The first-order valence-corrected chi connectivity index (χ1v) is 8.11. The molecule has 22 heavy (non-hydrogen) atoms. The van der Waals surface area contributed by atoms with Gasteiger partial charge >= 0.3 is 0 Å². The summed E-state index contributed by atoms with van der Waals surface area (Å²) in [6.07, 6.45) is 3.43. The molecule has 0 amide bonds. The molecule has 0 aliphatic heterocycles. The summed E-state index contributed by atoms with van der Waals surface area (Å²) >= 11 is 8.08. The molecule has 0 atom stereocenters. The Morgan fingerprint density at radius 1 is 1.55 bits per heavy atom. The smallest absolute Gasteiger partial charge is 0.152 e. The summed E-state index contributed by atoms with van der Waals surface area (Å²) in [6, 6.07) is 3.44. The third-order valence-corrected chi connectivity index (χ3v) is 4.80. The van der Waals surface area contributed by atoms with Crippen LogP contribution in [-0.2, 0) is 7.05 Å². The van der Waals surface area contributed by atoms with Crippen molar-refractivity contribution in [3.05, 3.63) is 32.2 Å². The molecule has 1 aliphatic rings. The summed E-state index contributed by atoms with van der Waals surface area (Å²) in [5.41, 5.74) is 0.516. The number of rotatable bonds is 3. The zero-order chi connectivity index (χ0) is 16.1. The van der Waals surface area contributed by atoms with Crippen molar-refractivity contribution in [1.29, 1.82) is 5.26 Å². The third-order valence-electron chi connectivity index (χ3n) is 3.74. The predicted molar refractivity (Wildman–Crippen MR) is 89.3 cm³/mol. The maximum Gasteiger partial charge on any atom is 0.152 e. The quantitative estimate of drug-likeness (QED) is 0.682. The van der Waals surface area contributed by atoms with Gasteiger partial charge in [-0.2, -0.15) is 10.4 Å². The van der Waals surface area contributed by atoms with Crippen molar-refractivity contribution in [1.82, 2.24) is 9.78 Å². The molecule has 1 fully saturated rings. The van der Waals surface area contributed by atoms with Gasteiger partial charge in [0.2, 0.25) is 0 Å². The van der Waals surface area contributed by atoms with Gasteiger partial charge in [-0.25, -0.2) is 4.39 Å². The highest BCUT2D eigenvalue weighted by Crippen LogP contribution is 2.44. The molecule has 0 N–H and O–H groups in total. The van der Waals surface area contributed by atoms with Crippen molar-refractivity contribution in [2.75, 3.05) is 0 Å². The number of halogens is 3. The second-order valence-electron chi connectivity index (χ2n) is 5.55. The Kier molecular flexibility index (Phi) is 3.81. The Morgan fingerprint density at radius 2 is 2.23 bits per heavy atom. The van der Waals surface area contributed by atoms with E-state index in [0.29, 0.717) is 11.4 Å². The molecule has 7 heteroatoms. The summed E-state index contributed by atoms with van der Waals surface area (Å²) in [4.78, 5) is 0. The normalized spacial score (nSPS) is 15.5. The predicted octanol–water partition coefficient (Wildman–Crippen LogP) is 4.29. The van der Waals surface area contributed by atoms with Crippen molar-refractivity contribution in [2.45, 2.75) is 25.4 Å². The van der Waals surface area contributed by atoms with Gasteiger partial charge in [0, 0.05) is 13.1 Å². The Bertz CT molecular complexity index is 789. The van der Waals surface area contributed by atoms with Crippen LogP contribution in [-0.4, -0.2) is 15.4 Å². The average molecular weight is 432 g/mol. The lowest BCUT2D eigenvalue weighted by molar-refractivity contribution is 0.199. The van der Waals surface area contributed by atoms with E-state index in [1.165, 1.54) is 10.7 Å². The van der Waals surface area contributed by atoms with Crippen LogP contribution in [0.4, 0.5) is 4.39 Å². The fraction of sp³-hybridized carbons (Fsp3) is 0.333. The molecule has 1 aromatic heterocycles. The lowest BCUT2D eigenvalue weighted by atomic mass is 10.0. The molecule has 1 saturated carbocycles. The number of benzene rings is 1. The minimum Gasteiger partial charge on any atom is -0.486 e. The molecule has 1 heterocycles. The standard InChI is InChI=1S/C15H12ClFIN3O/c1-15(3-4-15)22-11-5-9(16)13(17)12(8(11)6-19)14-10(18)7-20-21(14)2/h5,7H,3-4H2,1-2H3. The number of hydrogen-bond acceptors (Lipinski definition) is 3. The van der Waals surface area contributed by atoms with Gasteiger partial charge in [0.05, 0.1) is 26.0 Å². The minimum atomic E-state index is -0.631. The van der Waals surface area contributed by atoms with Crippen molar-refractivity contribution in [2.24, 2.45) is 7.05 Å². The first-order chi connectivity index (χ1) is 10.4. The van der Waals surface area contributed by atoms with Gasteiger partial charge in [0.1, 0.15) is 23.0 Å². The average Bonchev–Trinajstić information content (AvgIpc) is 3.10. The van der Waals surface area contributed by atoms with E-state index in [-0.39, 0.29) is 21.8 Å². The summed E-state index contributed by atoms with van der Waals surface area (Å²) in [7, 11) is 1.70. The molecule has 0 radical (unpaired) electrons. The van der Waals surface area contributed by atoms with Crippen LogP contribution in [0.3, 0.4) is 0 Å². The fourth-order valence-corrected chi connectivity index (χ4v) is 3.19. The molecule has 1 aliphatic carbocycles. The van der Waals surface area contributed by atoms with E-state index in [9.17, 15) is 9.65 Å². The number of aromatic nitrogens is 2. The Labute approximate surface area is 146 Å². The molecule has 0 saturated heterocycles. The van der Waals surface area contributed by atoms with E-state index in [0.717, 1.165) is 16.4 Å². The van der Waals surface area contributed by atoms with Crippen LogP contribution in [0.25, 0.3) is 11.3 Å². The van der Waals surface area contributed by atoms with Gasteiger partial charge in [-0.05, 0) is 42.4 Å². The van der Waals surface area contributed by atoms with E-state index in [1.807, 2.05) is 6.92 Å². The number of hydrogen-bond donors (Lipinski definition) is 0. The lowest BCUT2D eigenvalue weighted by Crippen LogP contribution is -2.14. The molecule has 0 spiro atoms. The molecule has 4 nitrogen and oxygen atoms in total. The molecule has 1 aromatic carbocycles. The van der Waals surface area contributed by atoms with E-state index in [2.05, 4.69) is 33.8 Å². The van der Waals surface area contributed by atoms with Crippen LogP contribution in [0, 0.1) is 20.7 Å². The largest absolute Gasteiger partial charge is 0.486 e. The molecule has 114 valence electrons. The Hall–Kier alpha value is -1.33. The van der Waals surface area contributed by atoms with Gasteiger partial charge in [0.15, 0.2) is 5.82 Å². The lowest BCUT2D eigenvalue weighted by Gasteiger charge is -2.17. The van der Waals surface area contributed by atoms with Gasteiger partial charge in [-0.3, -0.25) is 4.68 Å². The molecule has 2 aromatic rings. The van der Waals surface area contributed by atoms with Gasteiger partial charge in [0.25, 0.3) is 0 Å². The van der Waals surface area contributed by atoms with Crippen LogP contribution in [0.2, 0.25) is 5.02 Å². The van der Waals surface area contributed by atoms with Crippen molar-refractivity contribution < 1.29 is 9.13 Å². The molecular formula is C15H12ClFIN3O. The van der Waals surface area contributed by atoms with E-state index in [4.69, 9.17) is 16.3 Å². The van der Waals surface area contributed by atoms with Gasteiger partial charge < -0.3 is 4.74 Å². The second kappa shape index (κ2) is 5.39. The fourth-order valence-electron chi connectivity index (χ4n) is 2.25. The summed E-state index contributed by atoms with van der Waals surface area (Å²) in [5.74, 6) is -0.311. The van der Waals surface area contributed by atoms with Gasteiger partial charge in [-0.15, -0.1) is 0 Å². The Morgan fingerprint density at radius 3 is 2.73 bits per heavy atom. The molecular weight excluding hydrogens is 420 g/mol. The number of nitrogens with zero attached hydrogens (tertiary/aromatic N) is 3. The van der Waals surface area contributed by atoms with Crippen LogP contribution in [0.5, 0.6) is 5.75 Å². The van der Waals surface area contributed by atoms with Crippen LogP contribution in [0.1, 0.15) is 25.3 Å². The van der Waals surface area contributed by atoms with E-state index >= 15 is 0 Å². The third kappa shape index (κ3) is 2.57. The zero-order valence-electron chi connectivity index (χ0n) is 12.0. The SMILES string of the molecule is Cn1ncc(I)c1-c1c(F)c(Cl)cc(OC2(C)CC2)c1C#N. The molecule has 0 bridgehead atoms.